The standard InChI is InChI=1S/C24H28N4O4S/c1-15-16(2)18(4)22(19(5)17(15)3)33(30,31)28-12-10-27(11-13-28)24(29)21-8-6-20(7-9-21)23-26-25-14-32-23/h6-9,14H,10-13H2,1-5H3. The third-order valence-electron chi connectivity index (χ3n) is 6.79. The van der Waals surface area contributed by atoms with Gasteiger partial charge in [-0.2, -0.15) is 4.31 Å². The number of piperazine rings is 1. The molecular weight excluding hydrogens is 440 g/mol. The Bertz CT molecular complexity index is 1260. The summed E-state index contributed by atoms with van der Waals surface area (Å²) in [5.41, 5.74) is 6.01. The molecule has 1 aromatic heterocycles. The first-order chi connectivity index (χ1) is 15.6. The lowest BCUT2D eigenvalue weighted by Gasteiger charge is -2.35. The van der Waals surface area contributed by atoms with Gasteiger partial charge in [-0.05, 0) is 86.7 Å². The van der Waals surface area contributed by atoms with E-state index in [1.54, 1.807) is 29.2 Å². The number of nitrogens with zero attached hydrogens (tertiary/aromatic N) is 4. The van der Waals surface area contributed by atoms with E-state index in [0.29, 0.717) is 29.4 Å². The number of carbonyl (C=O) groups is 1. The molecule has 9 heteroatoms. The van der Waals surface area contributed by atoms with Crippen molar-refractivity contribution < 1.29 is 17.6 Å². The highest BCUT2D eigenvalue weighted by atomic mass is 32.2. The van der Waals surface area contributed by atoms with E-state index in [0.717, 1.165) is 33.4 Å². The monoisotopic (exact) mass is 468 g/mol. The average molecular weight is 469 g/mol. The Kier molecular flexibility index (Phi) is 6.11. The van der Waals surface area contributed by atoms with Gasteiger partial charge in [0.15, 0.2) is 0 Å². The number of carbonyl (C=O) groups excluding carboxylic acids is 1. The van der Waals surface area contributed by atoms with Gasteiger partial charge in [0.1, 0.15) is 0 Å². The zero-order valence-electron chi connectivity index (χ0n) is 19.5. The number of rotatable bonds is 4. The van der Waals surface area contributed by atoms with Crippen LogP contribution in [0.2, 0.25) is 0 Å². The number of amides is 1. The van der Waals surface area contributed by atoms with E-state index in [1.807, 2.05) is 34.6 Å². The minimum Gasteiger partial charge on any atom is -0.423 e. The molecule has 0 saturated carbocycles. The lowest BCUT2D eigenvalue weighted by molar-refractivity contribution is 0.0698. The van der Waals surface area contributed by atoms with Crippen LogP contribution >= 0.6 is 0 Å². The molecule has 0 atom stereocenters. The first-order valence-corrected chi connectivity index (χ1v) is 12.3. The Labute approximate surface area is 194 Å². The van der Waals surface area contributed by atoms with Gasteiger partial charge in [-0.15, -0.1) is 10.2 Å². The Morgan fingerprint density at radius 1 is 0.848 bits per heavy atom. The van der Waals surface area contributed by atoms with Gasteiger partial charge >= 0.3 is 0 Å². The summed E-state index contributed by atoms with van der Waals surface area (Å²) in [6.45, 7) is 10.9. The maximum absolute atomic E-state index is 13.5. The quantitative estimate of drug-likeness (QED) is 0.582. The van der Waals surface area contributed by atoms with Crippen molar-refractivity contribution in [3.8, 4) is 11.5 Å². The molecule has 4 rings (SSSR count). The van der Waals surface area contributed by atoms with Gasteiger partial charge in [0, 0.05) is 37.3 Å². The second-order valence-electron chi connectivity index (χ2n) is 8.47. The van der Waals surface area contributed by atoms with Crippen LogP contribution in [0.15, 0.2) is 40.0 Å². The van der Waals surface area contributed by atoms with Crippen LogP contribution in [0, 0.1) is 34.6 Å². The third kappa shape index (κ3) is 4.06. The van der Waals surface area contributed by atoms with Crippen LogP contribution in [0.25, 0.3) is 11.5 Å². The van der Waals surface area contributed by atoms with E-state index in [-0.39, 0.29) is 19.0 Å². The molecular formula is C24H28N4O4S. The highest BCUT2D eigenvalue weighted by molar-refractivity contribution is 7.89. The molecule has 1 aliphatic heterocycles. The summed E-state index contributed by atoms with van der Waals surface area (Å²) in [6.07, 6.45) is 1.25. The van der Waals surface area contributed by atoms with Crippen molar-refractivity contribution in [1.82, 2.24) is 19.4 Å². The van der Waals surface area contributed by atoms with Gasteiger partial charge in [-0.3, -0.25) is 4.79 Å². The van der Waals surface area contributed by atoms with Gasteiger partial charge < -0.3 is 9.32 Å². The number of hydrogen-bond acceptors (Lipinski definition) is 6. The number of aromatic nitrogens is 2. The Hall–Kier alpha value is -3.04. The summed E-state index contributed by atoms with van der Waals surface area (Å²) >= 11 is 0. The van der Waals surface area contributed by atoms with Crippen LogP contribution < -0.4 is 0 Å². The van der Waals surface area contributed by atoms with E-state index in [4.69, 9.17) is 4.42 Å². The minimum absolute atomic E-state index is 0.126. The molecule has 2 heterocycles. The van der Waals surface area contributed by atoms with Crippen LogP contribution in [0.1, 0.15) is 38.2 Å². The second-order valence-corrected chi connectivity index (χ2v) is 10.3. The van der Waals surface area contributed by atoms with E-state index < -0.39 is 10.0 Å². The van der Waals surface area contributed by atoms with Crippen molar-refractivity contribution >= 4 is 15.9 Å². The fourth-order valence-electron chi connectivity index (χ4n) is 4.35. The van der Waals surface area contributed by atoms with Crippen LogP contribution in [0.5, 0.6) is 0 Å². The zero-order chi connectivity index (χ0) is 23.9. The predicted molar refractivity (Wildman–Crippen MR) is 125 cm³/mol. The van der Waals surface area contributed by atoms with E-state index >= 15 is 0 Å². The average Bonchev–Trinajstić information content (AvgIpc) is 3.36. The SMILES string of the molecule is Cc1c(C)c(C)c(S(=O)(=O)N2CCN(C(=O)c3ccc(-c4nnco4)cc3)CC2)c(C)c1C. The third-order valence-corrected chi connectivity index (χ3v) is 8.97. The summed E-state index contributed by atoms with van der Waals surface area (Å²) in [6, 6.07) is 6.95. The minimum atomic E-state index is -3.66. The van der Waals surface area contributed by atoms with Crippen LogP contribution in [0.4, 0.5) is 0 Å². The van der Waals surface area contributed by atoms with Crippen molar-refractivity contribution in [1.29, 1.82) is 0 Å². The van der Waals surface area contributed by atoms with Crippen LogP contribution in [-0.4, -0.2) is 59.9 Å². The fraction of sp³-hybridized carbons (Fsp3) is 0.375. The summed E-state index contributed by atoms with van der Waals surface area (Å²) < 4.78 is 33.8. The molecule has 1 amide bonds. The van der Waals surface area contributed by atoms with Gasteiger partial charge in [-0.1, -0.05) is 0 Å². The Balaban J connectivity index is 1.49. The van der Waals surface area contributed by atoms with E-state index in [2.05, 4.69) is 10.2 Å². The molecule has 0 radical (unpaired) electrons. The molecule has 0 N–H and O–H groups in total. The normalized spacial score (nSPS) is 15.1. The molecule has 0 aliphatic carbocycles. The van der Waals surface area contributed by atoms with Crippen LogP contribution in [0.3, 0.4) is 0 Å². The van der Waals surface area contributed by atoms with Crippen LogP contribution in [-0.2, 0) is 10.0 Å². The van der Waals surface area contributed by atoms with Crippen molar-refractivity contribution in [2.24, 2.45) is 0 Å². The highest BCUT2D eigenvalue weighted by Crippen LogP contribution is 2.32. The van der Waals surface area contributed by atoms with Gasteiger partial charge in [-0.25, -0.2) is 8.42 Å². The molecule has 2 aromatic carbocycles. The summed E-state index contributed by atoms with van der Waals surface area (Å²) in [5, 5.41) is 7.52. The smallest absolute Gasteiger partial charge is 0.253 e. The Morgan fingerprint density at radius 2 is 1.39 bits per heavy atom. The van der Waals surface area contributed by atoms with Gasteiger partial charge in [0.05, 0.1) is 4.90 Å². The van der Waals surface area contributed by atoms with Gasteiger partial charge in [0.25, 0.3) is 5.91 Å². The van der Waals surface area contributed by atoms with E-state index in [1.165, 1.54) is 10.7 Å². The largest absolute Gasteiger partial charge is 0.423 e. The molecule has 8 nitrogen and oxygen atoms in total. The number of hydrogen-bond donors (Lipinski definition) is 0. The van der Waals surface area contributed by atoms with Crippen molar-refractivity contribution in [2.75, 3.05) is 26.2 Å². The predicted octanol–water partition coefficient (Wildman–Crippen LogP) is 3.43. The maximum Gasteiger partial charge on any atom is 0.253 e. The summed E-state index contributed by atoms with van der Waals surface area (Å²) in [5.74, 6) is 0.262. The highest BCUT2D eigenvalue weighted by Gasteiger charge is 2.33. The molecule has 1 saturated heterocycles. The molecule has 0 unspecified atom stereocenters. The lowest BCUT2D eigenvalue weighted by atomic mass is 9.95. The summed E-state index contributed by atoms with van der Waals surface area (Å²) in [7, 11) is -3.66. The fourth-order valence-corrected chi connectivity index (χ4v) is 6.33. The maximum atomic E-state index is 13.5. The van der Waals surface area contributed by atoms with Crippen molar-refractivity contribution in [3.05, 3.63) is 64.0 Å². The first kappa shape index (κ1) is 23.1. The zero-order valence-corrected chi connectivity index (χ0v) is 20.4. The topological polar surface area (TPSA) is 96.6 Å². The molecule has 0 spiro atoms. The molecule has 0 bridgehead atoms. The second kappa shape index (κ2) is 8.72. The molecule has 33 heavy (non-hydrogen) atoms. The van der Waals surface area contributed by atoms with Gasteiger partial charge in [0.2, 0.25) is 22.3 Å². The van der Waals surface area contributed by atoms with Crippen molar-refractivity contribution in [2.45, 2.75) is 39.5 Å². The molecule has 1 fully saturated rings. The molecule has 3 aromatic rings. The number of benzene rings is 2. The Morgan fingerprint density at radius 3 is 1.91 bits per heavy atom. The van der Waals surface area contributed by atoms with Crippen molar-refractivity contribution in [3.63, 3.8) is 0 Å². The molecule has 174 valence electrons. The first-order valence-electron chi connectivity index (χ1n) is 10.9. The summed E-state index contributed by atoms with van der Waals surface area (Å²) in [4.78, 5) is 15.1. The molecule has 1 aliphatic rings. The van der Waals surface area contributed by atoms with E-state index in [9.17, 15) is 13.2 Å². The lowest BCUT2D eigenvalue weighted by Crippen LogP contribution is -2.50. The number of sulfonamides is 1.